The van der Waals surface area contributed by atoms with Gasteiger partial charge in [-0.2, -0.15) is 0 Å². The summed E-state index contributed by atoms with van der Waals surface area (Å²) in [6.45, 7) is 3.66. The molecule has 0 N–H and O–H groups in total. The van der Waals surface area contributed by atoms with Crippen molar-refractivity contribution in [2.75, 3.05) is 7.11 Å². The zero-order valence-corrected chi connectivity index (χ0v) is 6.11. The molecule has 1 heteroatoms. The standard InChI is InChI=1S/C8H13O/c1-3-4-5-6-7-8-9-2/h8H,3-5H2,1-2H3. The smallest absolute Gasteiger partial charge is 0.155 e. The van der Waals surface area contributed by atoms with Crippen molar-refractivity contribution in [3.8, 4) is 11.8 Å². The fraction of sp³-hybridized carbons (Fsp3) is 0.625. The van der Waals surface area contributed by atoms with Crippen LogP contribution in [0.25, 0.3) is 0 Å². The molecule has 0 amide bonds. The van der Waals surface area contributed by atoms with Gasteiger partial charge in [-0.05, 0) is 6.42 Å². The van der Waals surface area contributed by atoms with Gasteiger partial charge in [0.2, 0.25) is 0 Å². The average molecular weight is 125 g/mol. The summed E-state index contributed by atoms with van der Waals surface area (Å²) in [5.41, 5.74) is 0. The highest BCUT2D eigenvalue weighted by Gasteiger charge is 1.75. The van der Waals surface area contributed by atoms with Gasteiger partial charge in [0.1, 0.15) is 0 Å². The molecule has 9 heavy (non-hydrogen) atoms. The van der Waals surface area contributed by atoms with Gasteiger partial charge >= 0.3 is 0 Å². The third-order valence-corrected chi connectivity index (χ3v) is 0.934. The molecule has 0 aliphatic rings. The van der Waals surface area contributed by atoms with Crippen LogP contribution in [0.2, 0.25) is 0 Å². The summed E-state index contributed by atoms with van der Waals surface area (Å²) in [5.74, 6) is 5.73. The van der Waals surface area contributed by atoms with Crippen LogP contribution in [-0.2, 0) is 4.74 Å². The number of ether oxygens (including phenoxy) is 1. The summed E-state index contributed by atoms with van der Waals surface area (Å²) in [4.78, 5) is 0. The maximum absolute atomic E-state index is 4.62. The van der Waals surface area contributed by atoms with Gasteiger partial charge in [0.05, 0.1) is 0 Å². The quantitative estimate of drug-likeness (QED) is 0.414. The largest absolute Gasteiger partial charge is 0.365 e. The first kappa shape index (κ1) is 8.52. The van der Waals surface area contributed by atoms with Crippen molar-refractivity contribution in [1.29, 1.82) is 0 Å². The lowest BCUT2D eigenvalue weighted by Crippen LogP contribution is -1.72. The van der Waals surface area contributed by atoms with Gasteiger partial charge in [0.25, 0.3) is 0 Å². The van der Waals surface area contributed by atoms with Gasteiger partial charge in [0, 0.05) is 13.5 Å². The molecule has 0 spiro atoms. The average Bonchev–Trinajstić information content (AvgIpc) is 1.89. The molecule has 0 heterocycles. The molecule has 0 bridgehead atoms. The van der Waals surface area contributed by atoms with Crippen molar-refractivity contribution >= 4 is 0 Å². The molecule has 0 aromatic carbocycles. The van der Waals surface area contributed by atoms with Crippen LogP contribution in [0.5, 0.6) is 0 Å². The van der Waals surface area contributed by atoms with Gasteiger partial charge in [-0.1, -0.05) is 19.3 Å². The summed E-state index contributed by atoms with van der Waals surface area (Å²) in [6, 6.07) is 0. The molecule has 1 nitrogen and oxygen atoms in total. The highest BCUT2D eigenvalue weighted by Crippen LogP contribution is 1.90. The topological polar surface area (TPSA) is 9.23 Å². The van der Waals surface area contributed by atoms with Crippen molar-refractivity contribution in [3.63, 3.8) is 0 Å². The van der Waals surface area contributed by atoms with E-state index in [1.807, 2.05) is 0 Å². The van der Waals surface area contributed by atoms with Crippen LogP contribution >= 0.6 is 0 Å². The van der Waals surface area contributed by atoms with E-state index in [1.165, 1.54) is 19.4 Å². The second-order valence-electron chi connectivity index (χ2n) is 1.78. The Hall–Kier alpha value is -0.480. The molecular formula is C8H13O. The van der Waals surface area contributed by atoms with E-state index >= 15 is 0 Å². The lowest BCUT2D eigenvalue weighted by Gasteiger charge is -1.83. The first-order valence-electron chi connectivity index (χ1n) is 3.24. The van der Waals surface area contributed by atoms with E-state index in [9.17, 15) is 0 Å². The first-order chi connectivity index (χ1) is 4.41. The summed E-state index contributed by atoms with van der Waals surface area (Å²) in [7, 11) is 1.61. The Morgan fingerprint density at radius 1 is 1.56 bits per heavy atom. The fourth-order valence-electron chi connectivity index (χ4n) is 0.438. The molecule has 0 fully saturated rings. The van der Waals surface area contributed by atoms with E-state index in [2.05, 4.69) is 23.5 Å². The molecule has 0 aliphatic carbocycles. The number of methoxy groups -OCH3 is 1. The monoisotopic (exact) mass is 125 g/mol. The van der Waals surface area contributed by atoms with E-state index < -0.39 is 0 Å². The van der Waals surface area contributed by atoms with E-state index in [0.29, 0.717) is 0 Å². The second-order valence-corrected chi connectivity index (χ2v) is 1.78. The van der Waals surface area contributed by atoms with Gasteiger partial charge in [-0.3, -0.25) is 0 Å². The molecule has 0 saturated heterocycles. The first-order valence-corrected chi connectivity index (χ1v) is 3.24. The van der Waals surface area contributed by atoms with Crippen molar-refractivity contribution in [3.05, 3.63) is 6.61 Å². The van der Waals surface area contributed by atoms with E-state index in [1.54, 1.807) is 7.11 Å². The lowest BCUT2D eigenvalue weighted by atomic mass is 10.2. The Kier molecular flexibility index (Phi) is 7.12. The molecule has 51 valence electrons. The Morgan fingerprint density at radius 3 is 2.89 bits per heavy atom. The third-order valence-electron chi connectivity index (χ3n) is 0.934. The van der Waals surface area contributed by atoms with Gasteiger partial charge < -0.3 is 4.74 Å². The highest BCUT2D eigenvalue weighted by atomic mass is 16.5. The van der Waals surface area contributed by atoms with E-state index in [-0.39, 0.29) is 0 Å². The van der Waals surface area contributed by atoms with Crippen molar-refractivity contribution < 1.29 is 4.74 Å². The number of rotatable bonds is 3. The summed E-state index contributed by atoms with van der Waals surface area (Å²) in [6.07, 6.45) is 3.38. The molecule has 0 unspecified atom stereocenters. The van der Waals surface area contributed by atoms with E-state index in [0.717, 1.165) is 6.42 Å². The van der Waals surface area contributed by atoms with Gasteiger partial charge in [-0.15, -0.1) is 5.92 Å². The third kappa shape index (κ3) is 7.52. The van der Waals surface area contributed by atoms with Gasteiger partial charge in [0.15, 0.2) is 6.61 Å². The number of hydrogen-bond acceptors (Lipinski definition) is 1. The van der Waals surface area contributed by atoms with Crippen LogP contribution in [0.15, 0.2) is 0 Å². The molecule has 0 aromatic heterocycles. The van der Waals surface area contributed by atoms with Gasteiger partial charge in [-0.25, -0.2) is 0 Å². The Bertz CT molecular complexity index is 96.9. The zero-order valence-electron chi connectivity index (χ0n) is 6.11. The van der Waals surface area contributed by atoms with Crippen LogP contribution in [-0.4, -0.2) is 7.11 Å². The molecule has 0 rings (SSSR count). The second kappa shape index (κ2) is 7.52. The minimum absolute atomic E-state index is 0.982. The Morgan fingerprint density at radius 2 is 2.33 bits per heavy atom. The number of hydrogen-bond donors (Lipinski definition) is 0. The Labute approximate surface area is 57.4 Å². The predicted molar refractivity (Wildman–Crippen MR) is 38.6 cm³/mol. The normalized spacial score (nSPS) is 8.22. The lowest BCUT2D eigenvalue weighted by molar-refractivity contribution is 0.301. The number of unbranched alkanes of at least 4 members (excludes halogenated alkanes) is 2. The maximum Gasteiger partial charge on any atom is 0.155 e. The SMILES string of the molecule is CCCCC#C[CH]OC. The minimum Gasteiger partial charge on any atom is -0.365 e. The molecule has 0 aromatic rings. The summed E-state index contributed by atoms with van der Waals surface area (Å²) >= 11 is 0. The molecular weight excluding hydrogens is 112 g/mol. The highest BCUT2D eigenvalue weighted by molar-refractivity contribution is 5.05. The summed E-state index contributed by atoms with van der Waals surface area (Å²) in [5, 5.41) is 0. The summed E-state index contributed by atoms with van der Waals surface area (Å²) < 4.78 is 4.62. The van der Waals surface area contributed by atoms with Crippen LogP contribution < -0.4 is 0 Å². The predicted octanol–water partition coefficient (Wildman–Crippen LogP) is 1.99. The Balaban J connectivity index is 2.96. The fourth-order valence-corrected chi connectivity index (χ4v) is 0.438. The van der Waals surface area contributed by atoms with Crippen LogP contribution in [0, 0.1) is 18.4 Å². The van der Waals surface area contributed by atoms with Crippen LogP contribution in [0.4, 0.5) is 0 Å². The van der Waals surface area contributed by atoms with Crippen LogP contribution in [0.3, 0.4) is 0 Å². The molecule has 0 atom stereocenters. The van der Waals surface area contributed by atoms with Crippen molar-refractivity contribution in [2.45, 2.75) is 26.2 Å². The van der Waals surface area contributed by atoms with Crippen LogP contribution in [0.1, 0.15) is 26.2 Å². The minimum atomic E-state index is 0.982. The molecule has 0 aliphatic heterocycles. The molecule has 1 radical (unpaired) electrons. The van der Waals surface area contributed by atoms with E-state index in [4.69, 9.17) is 0 Å². The van der Waals surface area contributed by atoms with Crippen molar-refractivity contribution in [2.24, 2.45) is 0 Å². The van der Waals surface area contributed by atoms with Crippen molar-refractivity contribution in [1.82, 2.24) is 0 Å². The zero-order chi connectivity index (χ0) is 6.95. The maximum atomic E-state index is 4.62. The molecule has 0 saturated carbocycles.